The SMILES string of the molecule is C[C]([BiH2])(c1ccccc1)c1ccccc1. The quantitative estimate of drug-likeness (QED) is 0.690. The molecule has 15 heavy (non-hydrogen) atoms. The Labute approximate surface area is 106 Å². The predicted molar refractivity (Wildman–Crippen MR) is 67.9 cm³/mol. The van der Waals surface area contributed by atoms with E-state index in [4.69, 9.17) is 0 Å². The van der Waals surface area contributed by atoms with Gasteiger partial charge in [0.2, 0.25) is 0 Å². The third kappa shape index (κ3) is 2.29. The Balaban J connectivity index is 2.44. The van der Waals surface area contributed by atoms with Gasteiger partial charge in [-0.25, -0.2) is 0 Å². The second-order valence-electron chi connectivity index (χ2n) is 3.93. The normalized spacial score (nSPS) is 11.3. The van der Waals surface area contributed by atoms with Crippen molar-refractivity contribution in [2.24, 2.45) is 0 Å². The zero-order chi connectivity index (χ0) is 10.7. The van der Waals surface area contributed by atoms with Crippen LogP contribution in [-0.2, 0) is 3.12 Å². The van der Waals surface area contributed by atoms with Crippen LogP contribution in [-0.4, -0.2) is 24.7 Å². The van der Waals surface area contributed by atoms with Crippen LogP contribution in [0.3, 0.4) is 0 Å². The van der Waals surface area contributed by atoms with Crippen LogP contribution in [0.15, 0.2) is 60.7 Å². The Morgan fingerprint density at radius 1 is 0.733 bits per heavy atom. The summed E-state index contributed by atoms with van der Waals surface area (Å²) in [4.78, 5) is 0. The van der Waals surface area contributed by atoms with E-state index in [2.05, 4.69) is 67.6 Å². The molecule has 0 fully saturated rings. The third-order valence-corrected chi connectivity index (χ3v) is 5.34. The molecule has 2 aromatic carbocycles. The predicted octanol–water partition coefficient (Wildman–Crippen LogP) is 2.58. The second kappa shape index (κ2) is 4.45. The Morgan fingerprint density at radius 2 is 1.07 bits per heavy atom. The van der Waals surface area contributed by atoms with Crippen molar-refractivity contribution in [3.8, 4) is 0 Å². The maximum absolute atomic E-state index is 2.34. The van der Waals surface area contributed by atoms with Gasteiger partial charge in [0.1, 0.15) is 0 Å². The summed E-state index contributed by atoms with van der Waals surface area (Å²) in [6.45, 7) is 2.34. The first-order valence-electron chi connectivity index (χ1n) is 5.11. The van der Waals surface area contributed by atoms with Crippen LogP contribution in [0.5, 0.6) is 0 Å². The molecule has 0 unspecified atom stereocenters. The molecule has 1 heteroatoms. The molecule has 0 aliphatic carbocycles. The molecule has 0 heterocycles. The molecule has 0 bridgehead atoms. The molecule has 0 nitrogen and oxygen atoms in total. The average molecular weight is 392 g/mol. The van der Waals surface area contributed by atoms with Crippen molar-refractivity contribution in [2.75, 3.05) is 0 Å². The Kier molecular flexibility index (Phi) is 3.21. The van der Waals surface area contributed by atoms with Gasteiger partial charge in [-0.15, -0.1) is 0 Å². The Bertz CT molecular complexity index is 376. The fourth-order valence-electron chi connectivity index (χ4n) is 1.74. The van der Waals surface area contributed by atoms with Crippen LogP contribution in [0, 0.1) is 0 Å². The van der Waals surface area contributed by atoms with Crippen molar-refractivity contribution in [3.05, 3.63) is 71.8 Å². The number of hydrogen-bond donors (Lipinski definition) is 0. The van der Waals surface area contributed by atoms with Gasteiger partial charge in [-0.05, 0) is 0 Å². The van der Waals surface area contributed by atoms with Gasteiger partial charge in [0.15, 0.2) is 0 Å². The standard InChI is InChI=1S/C14H13.Bi.2H/c1-12(13-8-4-2-5-9-13)14-10-6-3-7-11-14;;;/h2-11H,1H3;;;. The van der Waals surface area contributed by atoms with Crippen molar-refractivity contribution in [1.82, 2.24) is 0 Å². The van der Waals surface area contributed by atoms with Crippen LogP contribution in [0.4, 0.5) is 0 Å². The molecular weight excluding hydrogens is 377 g/mol. The first kappa shape index (κ1) is 10.8. The second-order valence-corrected chi connectivity index (χ2v) is 8.42. The molecule has 0 aromatic heterocycles. The number of benzene rings is 2. The van der Waals surface area contributed by atoms with Gasteiger partial charge in [-0.1, -0.05) is 0 Å². The molecule has 0 aliphatic rings. The van der Waals surface area contributed by atoms with Gasteiger partial charge in [-0.2, -0.15) is 0 Å². The van der Waals surface area contributed by atoms with E-state index in [1.54, 1.807) is 0 Å². The van der Waals surface area contributed by atoms with E-state index in [-0.39, 0.29) is 3.12 Å². The first-order chi connectivity index (χ1) is 7.21. The molecule has 0 amide bonds. The van der Waals surface area contributed by atoms with E-state index in [0.717, 1.165) is 24.7 Å². The van der Waals surface area contributed by atoms with Crippen molar-refractivity contribution in [2.45, 2.75) is 10.0 Å². The van der Waals surface area contributed by atoms with Crippen LogP contribution in [0.1, 0.15) is 18.1 Å². The zero-order valence-electron chi connectivity index (χ0n) is 8.85. The summed E-state index contributed by atoms with van der Waals surface area (Å²) in [7, 11) is 0. The maximum atomic E-state index is 2.34. The third-order valence-electron chi connectivity index (χ3n) is 2.75. The summed E-state index contributed by atoms with van der Waals surface area (Å²) >= 11 is 0.896. The minimum absolute atomic E-state index is 0.252. The molecule has 0 aliphatic heterocycles. The summed E-state index contributed by atoms with van der Waals surface area (Å²) in [6, 6.07) is 21.6. The van der Waals surface area contributed by atoms with Gasteiger partial charge in [0, 0.05) is 0 Å². The van der Waals surface area contributed by atoms with Crippen LogP contribution < -0.4 is 0 Å². The number of hydrogen-bond acceptors (Lipinski definition) is 0. The molecule has 76 valence electrons. The molecule has 0 saturated heterocycles. The molecule has 0 radical (unpaired) electrons. The molecule has 2 rings (SSSR count). The minimum atomic E-state index is 0.252. The fraction of sp³-hybridized carbons (Fsp3) is 0.143. The topological polar surface area (TPSA) is 0 Å². The molecule has 0 N–H and O–H groups in total. The Morgan fingerprint density at radius 3 is 1.40 bits per heavy atom. The molecule has 0 atom stereocenters. The summed E-state index contributed by atoms with van der Waals surface area (Å²) < 4.78 is 0.252. The van der Waals surface area contributed by atoms with E-state index in [1.165, 1.54) is 11.1 Å². The van der Waals surface area contributed by atoms with Crippen molar-refractivity contribution >= 4 is 24.7 Å². The van der Waals surface area contributed by atoms with Gasteiger partial charge in [0.25, 0.3) is 0 Å². The first-order valence-corrected chi connectivity index (χ1v) is 7.35. The summed E-state index contributed by atoms with van der Waals surface area (Å²) in [5.41, 5.74) is 2.86. The summed E-state index contributed by atoms with van der Waals surface area (Å²) in [5, 5.41) is 0. The van der Waals surface area contributed by atoms with E-state index in [1.807, 2.05) is 0 Å². The summed E-state index contributed by atoms with van der Waals surface area (Å²) in [5.74, 6) is 0. The van der Waals surface area contributed by atoms with E-state index < -0.39 is 0 Å². The molecular formula is C14H15Bi. The van der Waals surface area contributed by atoms with Crippen molar-refractivity contribution in [3.63, 3.8) is 0 Å². The monoisotopic (exact) mass is 392 g/mol. The molecule has 0 saturated carbocycles. The molecule has 0 spiro atoms. The van der Waals surface area contributed by atoms with Gasteiger partial charge >= 0.3 is 107 Å². The fourth-order valence-corrected chi connectivity index (χ4v) is 3.23. The van der Waals surface area contributed by atoms with Crippen molar-refractivity contribution < 1.29 is 0 Å². The zero-order valence-corrected chi connectivity index (χ0v) is 13.3. The van der Waals surface area contributed by atoms with Crippen molar-refractivity contribution in [1.29, 1.82) is 0 Å². The van der Waals surface area contributed by atoms with E-state index in [9.17, 15) is 0 Å². The molecule has 2 aromatic rings. The number of rotatable bonds is 2. The van der Waals surface area contributed by atoms with Gasteiger partial charge in [0.05, 0.1) is 0 Å². The average Bonchev–Trinajstić information content (AvgIpc) is 2.31. The van der Waals surface area contributed by atoms with E-state index in [0.29, 0.717) is 0 Å². The van der Waals surface area contributed by atoms with E-state index >= 15 is 0 Å². The van der Waals surface area contributed by atoms with Gasteiger partial charge < -0.3 is 0 Å². The van der Waals surface area contributed by atoms with Gasteiger partial charge in [-0.3, -0.25) is 0 Å². The Hall–Kier alpha value is -0.677. The van der Waals surface area contributed by atoms with Crippen LogP contribution in [0.25, 0.3) is 0 Å². The van der Waals surface area contributed by atoms with Crippen LogP contribution >= 0.6 is 0 Å². The summed E-state index contributed by atoms with van der Waals surface area (Å²) in [6.07, 6.45) is 0. The van der Waals surface area contributed by atoms with Crippen LogP contribution in [0.2, 0.25) is 0 Å².